The maximum atomic E-state index is 13.3. The van der Waals surface area contributed by atoms with E-state index in [4.69, 9.17) is 11.6 Å². The molecule has 18 heavy (non-hydrogen) atoms. The van der Waals surface area contributed by atoms with Crippen LogP contribution in [0.1, 0.15) is 24.5 Å². The lowest BCUT2D eigenvalue weighted by Gasteiger charge is -2.09. The molecule has 0 saturated heterocycles. The summed E-state index contributed by atoms with van der Waals surface area (Å²) < 4.78 is 15.4. The van der Waals surface area contributed by atoms with Gasteiger partial charge in [0.1, 0.15) is 11.6 Å². The molecule has 0 N–H and O–H groups in total. The van der Waals surface area contributed by atoms with Crippen LogP contribution in [0.5, 0.6) is 0 Å². The number of aromatic nitrogens is 2. The summed E-state index contributed by atoms with van der Waals surface area (Å²) >= 11 is 7.96. The van der Waals surface area contributed by atoms with Gasteiger partial charge in [-0.1, -0.05) is 0 Å². The summed E-state index contributed by atoms with van der Waals surface area (Å²) in [5, 5.41) is -0.172. The number of nitrogens with zero attached hydrogens (tertiary/aromatic N) is 2. The molecule has 1 unspecified atom stereocenters. The minimum Gasteiger partial charge on any atom is -0.327 e. The molecule has 1 heterocycles. The first kappa shape index (κ1) is 13.7. The highest BCUT2D eigenvalue weighted by Crippen LogP contribution is 2.25. The number of fused-ring (bicyclic) bond motifs is 1. The summed E-state index contributed by atoms with van der Waals surface area (Å²) in [6.45, 7) is 2.72. The Bertz CT molecular complexity index is 539. The van der Waals surface area contributed by atoms with Crippen molar-refractivity contribution in [1.29, 1.82) is 0 Å². The Morgan fingerprint density at radius 2 is 2.28 bits per heavy atom. The molecule has 1 aromatic carbocycles. The van der Waals surface area contributed by atoms with Crippen molar-refractivity contribution in [3.8, 4) is 0 Å². The number of imidazole rings is 1. The first-order chi connectivity index (χ1) is 8.63. The third kappa shape index (κ3) is 2.81. The Labute approximate surface area is 116 Å². The number of halogens is 2. The predicted octanol–water partition coefficient (Wildman–Crippen LogP) is 4.23. The van der Waals surface area contributed by atoms with E-state index in [-0.39, 0.29) is 11.2 Å². The van der Waals surface area contributed by atoms with Gasteiger partial charge in [-0.3, -0.25) is 0 Å². The quantitative estimate of drug-likeness (QED) is 0.605. The highest BCUT2D eigenvalue weighted by Gasteiger charge is 2.14. The molecule has 2 rings (SSSR count). The summed E-state index contributed by atoms with van der Waals surface area (Å²) in [7, 11) is 0. The Morgan fingerprint density at radius 1 is 1.50 bits per heavy atom. The summed E-state index contributed by atoms with van der Waals surface area (Å²) in [4.78, 5) is 4.49. The van der Waals surface area contributed by atoms with Gasteiger partial charge in [0.2, 0.25) is 0 Å². The van der Waals surface area contributed by atoms with Gasteiger partial charge in [0.25, 0.3) is 0 Å². The molecule has 2 nitrogen and oxygen atoms in total. The third-order valence-corrected chi connectivity index (χ3v) is 3.72. The molecule has 1 aromatic heterocycles. The number of hydrogen-bond donors (Lipinski definition) is 0. The molecule has 0 radical (unpaired) electrons. The lowest BCUT2D eigenvalue weighted by molar-refractivity contribution is 0.624. The van der Waals surface area contributed by atoms with Gasteiger partial charge in [0, 0.05) is 6.54 Å². The van der Waals surface area contributed by atoms with E-state index in [1.54, 1.807) is 17.8 Å². The Hall–Kier alpha value is -0.740. The van der Waals surface area contributed by atoms with Gasteiger partial charge in [-0.15, -0.1) is 11.6 Å². The first-order valence-corrected chi connectivity index (χ1v) is 7.75. The van der Waals surface area contributed by atoms with E-state index in [0.29, 0.717) is 0 Å². The fourth-order valence-corrected chi connectivity index (χ4v) is 2.60. The number of thioether (sulfide) groups is 1. The Kier molecular flexibility index (Phi) is 4.51. The molecule has 2 aromatic rings. The van der Waals surface area contributed by atoms with Gasteiger partial charge in [-0.2, -0.15) is 11.8 Å². The average Bonchev–Trinajstić information content (AvgIpc) is 2.68. The van der Waals surface area contributed by atoms with E-state index in [2.05, 4.69) is 11.2 Å². The van der Waals surface area contributed by atoms with Gasteiger partial charge in [-0.05, 0) is 43.6 Å². The van der Waals surface area contributed by atoms with Crippen LogP contribution >= 0.6 is 23.4 Å². The van der Waals surface area contributed by atoms with Crippen molar-refractivity contribution in [2.75, 3.05) is 12.0 Å². The van der Waals surface area contributed by atoms with Crippen LogP contribution in [0.2, 0.25) is 0 Å². The van der Waals surface area contributed by atoms with Crippen molar-refractivity contribution in [2.45, 2.75) is 25.3 Å². The number of alkyl halides is 1. The molecule has 98 valence electrons. The predicted molar refractivity (Wildman–Crippen MR) is 77.0 cm³/mol. The van der Waals surface area contributed by atoms with Gasteiger partial charge in [0.15, 0.2) is 0 Å². The van der Waals surface area contributed by atoms with Crippen LogP contribution in [0.25, 0.3) is 11.0 Å². The normalized spacial score (nSPS) is 13.1. The van der Waals surface area contributed by atoms with Crippen molar-refractivity contribution in [1.82, 2.24) is 9.55 Å². The van der Waals surface area contributed by atoms with Crippen molar-refractivity contribution >= 4 is 34.4 Å². The monoisotopic (exact) mass is 286 g/mol. The van der Waals surface area contributed by atoms with Gasteiger partial charge < -0.3 is 4.57 Å². The van der Waals surface area contributed by atoms with Crippen molar-refractivity contribution in [2.24, 2.45) is 0 Å². The fraction of sp³-hybridized carbons (Fsp3) is 0.462. The standard InChI is InChI=1S/C13H16ClFN2S/c1-9(14)13-16-11-5-4-10(15)8-12(11)17(13)6-3-7-18-2/h4-5,8-9H,3,6-7H2,1-2H3. The SMILES string of the molecule is CSCCCn1c(C(C)Cl)nc2ccc(F)cc21. The zero-order valence-corrected chi connectivity index (χ0v) is 12.1. The van der Waals surface area contributed by atoms with Crippen LogP contribution < -0.4 is 0 Å². The molecule has 0 amide bonds. The lowest BCUT2D eigenvalue weighted by atomic mass is 10.3. The maximum absolute atomic E-state index is 13.3. The van der Waals surface area contributed by atoms with E-state index in [1.165, 1.54) is 12.1 Å². The highest BCUT2D eigenvalue weighted by molar-refractivity contribution is 7.98. The molecule has 0 fully saturated rings. The second-order valence-electron chi connectivity index (χ2n) is 4.22. The van der Waals surface area contributed by atoms with Crippen molar-refractivity contribution < 1.29 is 4.39 Å². The van der Waals surface area contributed by atoms with Gasteiger partial charge in [0.05, 0.1) is 16.4 Å². The zero-order valence-electron chi connectivity index (χ0n) is 10.5. The Balaban J connectivity index is 2.43. The minimum atomic E-state index is -0.234. The Morgan fingerprint density at radius 3 is 2.94 bits per heavy atom. The fourth-order valence-electron chi connectivity index (χ4n) is 2.02. The number of benzene rings is 1. The first-order valence-electron chi connectivity index (χ1n) is 5.92. The lowest BCUT2D eigenvalue weighted by Crippen LogP contribution is -2.05. The molecule has 0 aliphatic carbocycles. The molecule has 0 saturated carbocycles. The van der Waals surface area contributed by atoms with Crippen molar-refractivity contribution in [3.63, 3.8) is 0 Å². The smallest absolute Gasteiger partial charge is 0.127 e. The van der Waals surface area contributed by atoms with E-state index in [1.807, 2.05) is 11.5 Å². The average molecular weight is 287 g/mol. The van der Waals surface area contributed by atoms with Gasteiger partial charge in [-0.25, -0.2) is 9.37 Å². The summed E-state index contributed by atoms with van der Waals surface area (Å²) in [6.07, 6.45) is 3.11. The molecular formula is C13H16ClFN2S. The summed E-state index contributed by atoms with van der Waals surface area (Å²) in [6, 6.07) is 4.67. The second-order valence-corrected chi connectivity index (χ2v) is 5.86. The molecule has 0 spiro atoms. The van der Waals surface area contributed by atoms with Crippen LogP contribution in [0.4, 0.5) is 4.39 Å². The minimum absolute atomic E-state index is 0.172. The molecule has 0 bridgehead atoms. The highest BCUT2D eigenvalue weighted by atomic mass is 35.5. The molecule has 1 atom stereocenters. The van der Waals surface area contributed by atoms with E-state index in [9.17, 15) is 4.39 Å². The van der Waals surface area contributed by atoms with Crippen LogP contribution in [0.15, 0.2) is 18.2 Å². The van der Waals surface area contributed by atoms with Crippen LogP contribution in [0, 0.1) is 5.82 Å². The summed E-state index contributed by atoms with van der Waals surface area (Å²) in [5.41, 5.74) is 1.64. The largest absolute Gasteiger partial charge is 0.327 e. The van der Waals surface area contributed by atoms with Crippen molar-refractivity contribution in [3.05, 3.63) is 29.8 Å². The molecule has 0 aliphatic rings. The van der Waals surface area contributed by atoms with E-state index >= 15 is 0 Å². The van der Waals surface area contributed by atoms with Gasteiger partial charge >= 0.3 is 0 Å². The molecule has 5 heteroatoms. The third-order valence-electron chi connectivity index (χ3n) is 2.83. The van der Waals surface area contributed by atoms with Crippen LogP contribution in [-0.2, 0) is 6.54 Å². The zero-order chi connectivity index (χ0) is 13.1. The number of aryl methyl sites for hydroxylation is 1. The van der Waals surface area contributed by atoms with Crippen LogP contribution in [-0.4, -0.2) is 21.6 Å². The summed E-state index contributed by atoms with van der Waals surface area (Å²) in [5.74, 6) is 1.66. The van der Waals surface area contributed by atoms with E-state index in [0.717, 1.165) is 35.6 Å². The molecular weight excluding hydrogens is 271 g/mol. The van der Waals surface area contributed by atoms with Crippen LogP contribution in [0.3, 0.4) is 0 Å². The second kappa shape index (κ2) is 5.93. The number of hydrogen-bond acceptors (Lipinski definition) is 2. The maximum Gasteiger partial charge on any atom is 0.127 e. The number of rotatable bonds is 5. The topological polar surface area (TPSA) is 17.8 Å². The van der Waals surface area contributed by atoms with E-state index < -0.39 is 0 Å². The molecule has 0 aliphatic heterocycles.